The molecule has 2 aromatic heterocycles. The first-order valence-corrected chi connectivity index (χ1v) is 9.80. The maximum Gasteiger partial charge on any atom is 0.143 e. The van der Waals surface area contributed by atoms with Gasteiger partial charge in [0.05, 0.1) is 11.3 Å². The van der Waals surface area contributed by atoms with E-state index >= 15 is 0 Å². The van der Waals surface area contributed by atoms with Gasteiger partial charge >= 0.3 is 0 Å². The van der Waals surface area contributed by atoms with Gasteiger partial charge in [0.25, 0.3) is 0 Å². The number of nitrogens with zero attached hydrogens (tertiary/aromatic N) is 3. The van der Waals surface area contributed by atoms with E-state index in [4.69, 9.17) is 9.47 Å². The minimum Gasteiger partial charge on any atom is -0.492 e. The summed E-state index contributed by atoms with van der Waals surface area (Å²) in [4.78, 5) is 8.74. The largest absolute Gasteiger partial charge is 0.492 e. The predicted octanol–water partition coefficient (Wildman–Crippen LogP) is 3.53. The maximum atomic E-state index is 14.1. The van der Waals surface area contributed by atoms with Crippen LogP contribution in [0.2, 0.25) is 0 Å². The Kier molecular flexibility index (Phi) is 4.39. The fourth-order valence-electron chi connectivity index (χ4n) is 4.29. The zero-order chi connectivity index (χ0) is 19.1. The van der Waals surface area contributed by atoms with Gasteiger partial charge in [-0.15, -0.1) is 0 Å². The lowest BCUT2D eigenvalue weighted by molar-refractivity contribution is 0.201. The van der Waals surface area contributed by atoms with Gasteiger partial charge < -0.3 is 19.4 Å². The Hall–Kier alpha value is -2.67. The highest BCUT2D eigenvalue weighted by molar-refractivity contribution is 5.78. The normalized spacial score (nSPS) is 21.9. The van der Waals surface area contributed by atoms with E-state index in [0.29, 0.717) is 30.7 Å². The van der Waals surface area contributed by atoms with Gasteiger partial charge in [-0.05, 0) is 25.8 Å². The fourth-order valence-corrected chi connectivity index (χ4v) is 4.29. The van der Waals surface area contributed by atoms with Crippen molar-refractivity contribution in [3.05, 3.63) is 47.8 Å². The molecule has 146 valence electrons. The summed E-state index contributed by atoms with van der Waals surface area (Å²) >= 11 is 0. The van der Waals surface area contributed by atoms with Crippen molar-refractivity contribution in [3.63, 3.8) is 0 Å². The summed E-state index contributed by atoms with van der Waals surface area (Å²) in [5.41, 5.74) is 2.86. The quantitative estimate of drug-likeness (QED) is 0.751. The number of aromatic nitrogens is 3. The Balaban J connectivity index is 1.37. The third kappa shape index (κ3) is 3.09. The number of hydrogen-bond donors (Lipinski definition) is 1. The third-order valence-corrected chi connectivity index (χ3v) is 5.72. The summed E-state index contributed by atoms with van der Waals surface area (Å²) in [7, 11) is 0. The molecule has 0 spiro atoms. The molecule has 6 nitrogen and oxygen atoms in total. The first-order chi connectivity index (χ1) is 13.7. The summed E-state index contributed by atoms with van der Waals surface area (Å²) in [6.07, 6.45) is 6.54. The number of hydrogen-bond acceptors (Lipinski definition) is 5. The first-order valence-electron chi connectivity index (χ1n) is 9.80. The zero-order valence-corrected chi connectivity index (χ0v) is 15.8. The van der Waals surface area contributed by atoms with E-state index in [1.165, 1.54) is 12.1 Å². The second-order valence-corrected chi connectivity index (χ2v) is 7.53. The summed E-state index contributed by atoms with van der Waals surface area (Å²) in [6, 6.07) is 5.32. The molecule has 0 radical (unpaired) electrons. The van der Waals surface area contributed by atoms with Crippen LogP contribution in [0.3, 0.4) is 0 Å². The minimum absolute atomic E-state index is 0.0412. The number of benzene rings is 1. The lowest BCUT2D eigenvalue weighted by Crippen LogP contribution is -2.18. The van der Waals surface area contributed by atoms with Crippen LogP contribution in [-0.2, 0) is 6.54 Å². The van der Waals surface area contributed by atoms with E-state index in [-0.39, 0.29) is 11.9 Å². The molecule has 7 heteroatoms. The van der Waals surface area contributed by atoms with E-state index in [2.05, 4.69) is 32.1 Å². The smallest absolute Gasteiger partial charge is 0.143 e. The Bertz CT molecular complexity index is 1020. The summed E-state index contributed by atoms with van der Waals surface area (Å²) in [5.74, 6) is 0.845. The first kappa shape index (κ1) is 17.4. The molecule has 0 amide bonds. The predicted molar refractivity (Wildman–Crippen MR) is 103 cm³/mol. The van der Waals surface area contributed by atoms with Crippen LogP contribution >= 0.6 is 0 Å². The van der Waals surface area contributed by atoms with Crippen molar-refractivity contribution in [1.82, 2.24) is 19.9 Å². The molecule has 0 saturated heterocycles. The van der Waals surface area contributed by atoms with Crippen LogP contribution in [0.5, 0.6) is 11.5 Å². The molecule has 5 rings (SSSR count). The molecule has 1 saturated carbocycles. The number of halogens is 1. The van der Waals surface area contributed by atoms with Crippen LogP contribution < -0.4 is 14.8 Å². The molecule has 2 unspecified atom stereocenters. The fraction of sp³-hybridized carbons (Fsp3) is 0.429. The number of fused-ring (bicyclic) bond motifs is 2. The molecular formula is C21H23FN4O2. The molecule has 1 aromatic carbocycles. The average molecular weight is 382 g/mol. The topological polar surface area (TPSA) is 61.2 Å². The number of nitrogens with one attached hydrogen (secondary N) is 1. The molecule has 1 aliphatic carbocycles. The van der Waals surface area contributed by atoms with E-state index in [9.17, 15) is 4.39 Å². The maximum absolute atomic E-state index is 14.1. The molecule has 1 N–H and O–H groups in total. The monoisotopic (exact) mass is 382 g/mol. The van der Waals surface area contributed by atoms with Gasteiger partial charge in [-0.1, -0.05) is 0 Å². The summed E-state index contributed by atoms with van der Waals surface area (Å²) < 4.78 is 28.2. The van der Waals surface area contributed by atoms with E-state index in [1.54, 1.807) is 6.33 Å². The van der Waals surface area contributed by atoms with Crippen molar-refractivity contribution in [1.29, 1.82) is 0 Å². The van der Waals surface area contributed by atoms with Gasteiger partial charge in [0.15, 0.2) is 0 Å². The van der Waals surface area contributed by atoms with Crippen molar-refractivity contribution in [3.8, 4) is 11.5 Å². The van der Waals surface area contributed by atoms with Gasteiger partial charge in [-0.25, -0.2) is 14.4 Å². The van der Waals surface area contributed by atoms with E-state index < -0.39 is 0 Å². The van der Waals surface area contributed by atoms with E-state index in [1.807, 2.05) is 6.92 Å². The highest BCUT2D eigenvalue weighted by Crippen LogP contribution is 2.38. The molecule has 2 atom stereocenters. The molecule has 28 heavy (non-hydrogen) atoms. The van der Waals surface area contributed by atoms with Crippen LogP contribution in [-0.4, -0.2) is 33.8 Å². The lowest BCUT2D eigenvalue weighted by Gasteiger charge is -2.19. The molecule has 0 bridgehead atoms. The SMILES string of the molecule is Cc1ncnc2c1ccn2C1CCC(Oc2cc(F)cc3c2CNCCO3)C1. The van der Waals surface area contributed by atoms with Crippen LogP contribution in [0.1, 0.15) is 36.6 Å². The second kappa shape index (κ2) is 7.05. The summed E-state index contributed by atoms with van der Waals surface area (Å²) in [6.45, 7) is 3.90. The zero-order valence-electron chi connectivity index (χ0n) is 15.8. The third-order valence-electron chi connectivity index (χ3n) is 5.72. The number of aryl methyl sites for hydroxylation is 1. The van der Waals surface area contributed by atoms with Crippen molar-refractivity contribution in [2.45, 2.75) is 44.9 Å². The number of ether oxygens (including phenoxy) is 2. The van der Waals surface area contributed by atoms with Crippen molar-refractivity contribution in [2.75, 3.05) is 13.2 Å². The standard InChI is InChI=1S/C21H23FN4O2/c1-13-17-4-6-26(21(17)25-12-24-13)15-2-3-16(10-15)28-20-9-14(22)8-19-18(20)11-23-5-7-27-19/h4,6,8-9,12,15-16,23H,2-3,5,7,10-11H2,1H3. The van der Waals surface area contributed by atoms with Gasteiger partial charge in [-0.3, -0.25) is 0 Å². The molecule has 3 aromatic rings. The van der Waals surface area contributed by atoms with Crippen LogP contribution in [0.4, 0.5) is 4.39 Å². The Morgan fingerprint density at radius 1 is 1.29 bits per heavy atom. The van der Waals surface area contributed by atoms with Gasteiger partial charge in [0, 0.05) is 49.3 Å². The number of rotatable bonds is 3. The highest BCUT2D eigenvalue weighted by atomic mass is 19.1. The van der Waals surface area contributed by atoms with Crippen molar-refractivity contribution < 1.29 is 13.9 Å². The molecule has 3 heterocycles. The van der Waals surface area contributed by atoms with Crippen LogP contribution in [0.25, 0.3) is 11.0 Å². The Labute approximate surface area is 162 Å². The Morgan fingerprint density at radius 2 is 2.21 bits per heavy atom. The lowest BCUT2D eigenvalue weighted by atomic mass is 10.1. The van der Waals surface area contributed by atoms with Gasteiger partial charge in [-0.2, -0.15) is 0 Å². The molecule has 1 fully saturated rings. The highest BCUT2D eigenvalue weighted by Gasteiger charge is 2.30. The molecule has 1 aliphatic heterocycles. The van der Waals surface area contributed by atoms with Crippen molar-refractivity contribution >= 4 is 11.0 Å². The van der Waals surface area contributed by atoms with Crippen molar-refractivity contribution in [2.24, 2.45) is 0 Å². The minimum atomic E-state index is -0.325. The second-order valence-electron chi connectivity index (χ2n) is 7.53. The van der Waals surface area contributed by atoms with Crippen LogP contribution in [0, 0.1) is 12.7 Å². The summed E-state index contributed by atoms with van der Waals surface area (Å²) in [5, 5.41) is 4.39. The van der Waals surface area contributed by atoms with Gasteiger partial charge in [0.2, 0.25) is 0 Å². The van der Waals surface area contributed by atoms with Gasteiger partial charge in [0.1, 0.15) is 42.0 Å². The Morgan fingerprint density at radius 3 is 3.14 bits per heavy atom. The average Bonchev–Trinajstić information content (AvgIpc) is 3.24. The molecular weight excluding hydrogens is 359 g/mol. The van der Waals surface area contributed by atoms with E-state index in [0.717, 1.165) is 48.1 Å². The molecule has 2 aliphatic rings. The van der Waals surface area contributed by atoms with Crippen LogP contribution in [0.15, 0.2) is 30.7 Å².